The van der Waals surface area contributed by atoms with Crippen molar-refractivity contribution in [3.8, 4) is 5.75 Å². The van der Waals surface area contributed by atoms with Gasteiger partial charge in [0.15, 0.2) is 0 Å². The van der Waals surface area contributed by atoms with E-state index in [1.807, 2.05) is 0 Å². The van der Waals surface area contributed by atoms with E-state index in [0.717, 1.165) is 11.8 Å². The molecule has 0 spiro atoms. The first-order valence-corrected chi connectivity index (χ1v) is 12.4. The van der Waals surface area contributed by atoms with Gasteiger partial charge in [0.05, 0.1) is 40.2 Å². The standard InChI is InChI=1S/C26H31BrF2N4O3/c1-15(33-25(34)36-26(2,3)4)17-11-16(28)7-8-23(17)35-10-6-5-9-31-24-18-12-19(27)20(29)13-22(18)32-14-21(24)30/h7-8,11-15H,5-6,9-10,30H2,1-4H3,(H,31,32)(H,33,34). The number of alkyl carbamates (subject to hydrolysis) is 1. The van der Waals surface area contributed by atoms with E-state index >= 15 is 0 Å². The number of unbranched alkanes of at least 4 members (excludes halogenated alkanes) is 1. The summed E-state index contributed by atoms with van der Waals surface area (Å²) in [6.45, 7) is 8.05. The summed E-state index contributed by atoms with van der Waals surface area (Å²) in [5.41, 5.74) is 7.65. The molecule has 7 nitrogen and oxygen atoms in total. The summed E-state index contributed by atoms with van der Waals surface area (Å²) in [4.78, 5) is 16.3. The van der Waals surface area contributed by atoms with Crippen molar-refractivity contribution in [1.82, 2.24) is 10.3 Å². The van der Waals surface area contributed by atoms with Gasteiger partial charge in [0.1, 0.15) is 23.0 Å². The number of nitrogens with zero attached hydrogens (tertiary/aromatic N) is 1. The van der Waals surface area contributed by atoms with Crippen LogP contribution in [0.5, 0.6) is 5.75 Å². The monoisotopic (exact) mass is 564 g/mol. The van der Waals surface area contributed by atoms with Gasteiger partial charge in [-0.25, -0.2) is 13.6 Å². The van der Waals surface area contributed by atoms with E-state index in [2.05, 4.69) is 31.5 Å². The summed E-state index contributed by atoms with van der Waals surface area (Å²) in [6.07, 6.45) is 2.38. The van der Waals surface area contributed by atoms with Crippen LogP contribution >= 0.6 is 15.9 Å². The minimum Gasteiger partial charge on any atom is -0.493 e. The Morgan fingerprint density at radius 1 is 1.19 bits per heavy atom. The molecule has 0 aliphatic rings. The largest absolute Gasteiger partial charge is 0.493 e. The first kappa shape index (κ1) is 27.4. The lowest BCUT2D eigenvalue weighted by Crippen LogP contribution is -2.34. The van der Waals surface area contributed by atoms with Crippen molar-refractivity contribution in [2.75, 3.05) is 24.2 Å². The van der Waals surface area contributed by atoms with Crippen LogP contribution in [0.15, 0.2) is 41.0 Å². The van der Waals surface area contributed by atoms with Crippen LogP contribution in [0.3, 0.4) is 0 Å². The first-order chi connectivity index (χ1) is 16.9. The van der Waals surface area contributed by atoms with Gasteiger partial charge in [-0.1, -0.05) is 0 Å². The average molecular weight is 565 g/mol. The smallest absolute Gasteiger partial charge is 0.408 e. The van der Waals surface area contributed by atoms with Gasteiger partial charge >= 0.3 is 6.09 Å². The number of halogens is 3. The second-order valence-electron chi connectivity index (χ2n) is 9.40. The predicted octanol–water partition coefficient (Wildman–Crippen LogP) is 6.71. The minimum absolute atomic E-state index is 0.337. The molecule has 3 aromatic rings. The summed E-state index contributed by atoms with van der Waals surface area (Å²) in [5, 5.41) is 6.74. The van der Waals surface area contributed by atoms with Crippen LogP contribution in [-0.4, -0.2) is 29.8 Å². The highest BCUT2D eigenvalue weighted by Crippen LogP contribution is 2.32. The van der Waals surface area contributed by atoms with Gasteiger partial charge in [-0.3, -0.25) is 4.98 Å². The highest BCUT2D eigenvalue weighted by atomic mass is 79.9. The topological polar surface area (TPSA) is 98.5 Å². The zero-order valence-electron chi connectivity index (χ0n) is 20.8. The summed E-state index contributed by atoms with van der Waals surface area (Å²) in [7, 11) is 0. The van der Waals surface area contributed by atoms with Crippen molar-refractivity contribution in [3.05, 3.63) is 58.2 Å². The van der Waals surface area contributed by atoms with E-state index in [1.54, 1.807) is 39.8 Å². The molecule has 0 saturated carbocycles. The number of aromatic nitrogens is 1. The number of benzene rings is 2. The Bertz CT molecular complexity index is 1230. The van der Waals surface area contributed by atoms with Crippen LogP contribution < -0.4 is 21.1 Å². The maximum atomic E-state index is 13.9. The minimum atomic E-state index is -0.640. The molecular weight excluding hydrogens is 534 g/mol. The molecule has 0 fully saturated rings. The number of pyridine rings is 1. The zero-order valence-corrected chi connectivity index (χ0v) is 22.3. The molecule has 1 heterocycles. The summed E-state index contributed by atoms with van der Waals surface area (Å²) in [5.74, 6) is -0.323. The molecule has 1 amide bonds. The lowest BCUT2D eigenvalue weighted by atomic mass is 10.1. The molecule has 1 aromatic heterocycles. The van der Waals surface area contributed by atoms with Crippen molar-refractivity contribution in [1.29, 1.82) is 0 Å². The predicted molar refractivity (Wildman–Crippen MR) is 141 cm³/mol. The third-order valence-electron chi connectivity index (χ3n) is 5.24. The third kappa shape index (κ3) is 7.43. The Kier molecular flexibility index (Phi) is 8.94. The van der Waals surface area contributed by atoms with Crippen LogP contribution in [0.4, 0.5) is 25.0 Å². The number of carbonyl (C=O) groups is 1. The van der Waals surface area contributed by atoms with E-state index in [0.29, 0.717) is 52.2 Å². The summed E-state index contributed by atoms with van der Waals surface area (Å²) in [6, 6.07) is 6.71. The molecule has 10 heteroatoms. The molecular formula is C26H31BrF2N4O3. The van der Waals surface area contributed by atoms with E-state index in [1.165, 1.54) is 24.4 Å². The van der Waals surface area contributed by atoms with Gasteiger partial charge in [0.2, 0.25) is 0 Å². The van der Waals surface area contributed by atoms with Crippen LogP contribution in [0.25, 0.3) is 10.9 Å². The van der Waals surface area contributed by atoms with E-state index < -0.39 is 29.4 Å². The maximum absolute atomic E-state index is 13.9. The van der Waals surface area contributed by atoms with Crippen molar-refractivity contribution < 1.29 is 23.0 Å². The molecule has 36 heavy (non-hydrogen) atoms. The summed E-state index contributed by atoms with van der Waals surface area (Å²) >= 11 is 3.20. The molecule has 0 bridgehead atoms. The molecule has 0 saturated heterocycles. The summed E-state index contributed by atoms with van der Waals surface area (Å²) < 4.78 is 39.3. The van der Waals surface area contributed by atoms with E-state index in [-0.39, 0.29) is 0 Å². The highest BCUT2D eigenvalue weighted by molar-refractivity contribution is 9.10. The average Bonchev–Trinajstić information content (AvgIpc) is 2.78. The molecule has 0 radical (unpaired) electrons. The number of amides is 1. The Labute approximate surface area is 217 Å². The molecule has 2 aromatic carbocycles. The molecule has 1 atom stereocenters. The SMILES string of the molecule is CC(NC(=O)OC(C)(C)C)c1cc(F)ccc1OCCCCNc1c(N)cnc2cc(F)c(Br)cc12. The van der Waals surface area contributed by atoms with Gasteiger partial charge in [0.25, 0.3) is 0 Å². The van der Waals surface area contributed by atoms with Crippen molar-refractivity contribution in [2.45, 2.75) is 52.2 Å². The lowest BCUT2D eigenvalue weighted by molar-refractivity contribution is 0.0507. The molecule has 4 N–H and O–H groups in total. The fraction of sp³-hybridized carbons (Fsp3) is 0.385. The molecule has 3 rings (SSSR count). The number of hydrogen-bond donors (Lipinski definition) is 3. The highest BCUT2D eigenvalue weighted by Gasteiger charge is 2.20. The van der Waals surface area contributed by atoms with Gasteiger partial charge in [-0.15, -0.1) is 0 Å². The van der Waals surface area contributed by atoms with Gasteiger partial charge in [-0.2, -0.15) is 0 Å². The van der Waals surface area contributed by atoms with Crippen LogP contribution in [-0.2, 0) is 4.74 Å². The van der Waals surface area contributed by atoms with Crippen molar-refractivity contribution in [2.24, 2.45) is 0 Å². The van der Waals surface area contributed by atoms with Gasteiger partial charge in [0, 0.05) is 23.6 Å². The Morgan fingerprint density at radius 2 is 1.94 bits per heavy atom. The van der Waals surface area contributed by atoms with Gasteiger partial charge < -0.3 is 25.8 Å². The second-order valence-corrected chi connectivity index (χ2v) is 10.3. The van der Waals surface area contributed by atoms with Gasteiger partial charge in [-0.05, 0) is 80.7 Å². The quantitative estimate of drug-likeness (QED) is 0.250. The number of carbonyl (C=O) groups excluding carboxylic acids is 1. The molecule has 194 valence electrons. The van der Waals surface area contributed by atoms with Crippen LogP contribution in [0, 0.1) is 11.6 Å². The maximum Gasteiger partial charge on any atom is 0.408 e. The van der Waals surface area contributed by atoms with Crippen molar-refractivity contribution in [3.63, 3.8) is 0 Å². The number of nitrogen functional groups attached to an aromatic ring is 1. The number of nitrogens with one attached hydrogen (secondary N) is 2. The van der Waals surface area contributed by atoms with Crippen molar-refractivity contribution >= 4 is 44.3 Å². The fourth-order valence-corrected chi connectivity index (χ4v) is 3.92. The molecule has 1 unspecified atom stereocenters. The lowest BCUT2D eigenvalue weighted by Gasteiger charge is -2.23. The van der Waals surface area contributed by atoms with Crippen LogP contribution in [0.1, 0.15) is 52.1 Å². The number of fused-ring (bicyclic) bond motifs is 1. The number of nitrogens with two attached hydrogens (primary N) is 1. The second kappa shape index (κ2) is 11.7. The fourth-order valence-electron chi connectivity index (χ4n) is 3.57. The zero-order chi connectivity index (χ0) is 26.5. The molecule has 0 aliphatic heterocycles. The molecule has 0 aliphatic carbocycles. The number of anilines is 2. The first-order valence-electron chi connectivity index (χ1n) is 11.6. The van der Waals surface area contributed by atoms with Crippen LogP contribution in [0.2, 0.25) is 0 Å². The van der Waals surface area contributed by atoms with E-state index in [4.69, 9.17) is 15.2 Å². The Balaban J connectivity index is 1.55. The number of rotatable bonds is 9. The normalized spacial score (nSPS) is 12.3. The Morgan fingerprint density at radius 3 is 2.67 bits per heavy atom. The Hall–Kier alpha value is -3.14. The number of hydrogen-bond acceptors (Lipinski definition) is 6. The third-order valence-corrected chi connectivity index (χ3v) is 5.85. The van der Waals surface area contributed by atoms with E-state index in [9.17, 15) is 13.6 Å². The number of ether oxygens (including phenoxy) is 2.